The molecule has 0 heterocycles. The highest BCUT2D eigenvalue weighted by molar-refractivity contribution is 5.85. The van der Waals surface area contributed by atoms with Crippen LogP contribution in [0.15, 0.2) is 0 Å². The molecule has 0 aromatic rings. The minimum atomic E-state index is -0.429. The van der Waals surface area contributed by atoms with Gasteiger partial charge in [-0.2, -0.15) is 0 Å². The van der Waals surface area contributed by atoms with Gasteiger partial charge in [0.25, 0.3) is 0 Å². The Balaban J connectivity index is 2.44. The van der Waals surface area contributed by atoms with E-state index in [1.807, 2.05) is 32.7 Å². The Morgan fingerprint density at radius 3 is 2.47 bits per heavy atom. The second kappa shape index (κ2) is 4.52. The second-order valence-corrected chi connectivity index (χ2v) is 5.31. The number of carbonyl (C=O) groups is 1. The lowest BCUT2D eigenvalue weighted by atomic mass is 10.0. The van der Waals surface area contributed by atoms with E-state index >= 15 is 0 Å². The fourth-order valence-corrected chi connectivity index (χ4v) is 2.08. The van der Waals surface area contributed by atoms with Crippen LogP contribution in [0.2, 0.25) is 0 Å². The molecule has 0 spiro atoms. The summed E-state index contributed by atoms with van der Waals surface area (Å²) in [5.41, 5.74) is -0.429. The third-order valence-corrected chi connectivity index (χ3v) is 3.28. The van der Waals surface area contributed by atoms with E-state index in [4.69, 9.17) is 0 Å². The van der Waals surface area contributed by atoms with Crippen LogP contribution >= 0.6 is 0 Å². The first-order valence-electron chi connectivity index (χ1n) is 5.89. The average Bonchev–Trinajstić information content (AvgIpc) is 2.80. The molecule has 2 atom stereocenters. The van der Waals surface area contributed by atoms with Crippen molar-refractivity contribution in [3.05, 3.63) is 0 Å². The van der Waals surface area contributed by atoms with Gasteiger partial charge in [0, 0.05) is 13.6 Å². The molecule has 0 radical (unpaired) electrons. The second-order valence-electron chi connectivity index (χ2n) is 5.31. The summed E-state index contributed by atoms with van der Waals surface area (Å²) in [6.07, 6.45) is 1.28. The molecule has 0 saturated heterocycles. The van der Waals surface area contributed by atoms with Crippen molar-refractivity contribution in [3.8, 4) is 0 Å². The zero-order valence-electron chi connectivity index (χ0n) is 10.6. The Bertz CT molecular complexity index is 238. The largest absolute Gasteiger partial charge is 0.344 e. The summed E-state index contributed by atoms with van der Waals surface area (Å²) in [5.74, 6) is 1.74. The van der Waals surface area contributed by atoms with Gasteiger partial charge in [-0.05, 0) is 38.6 Å². The van der Waals surface area contributed by atoms with Crippen LogP contribution in [0.4, 0.5) is 0 Å². The maximum absolute atomic E-state index is 12.1. The van der Waals surface area contributed by atoms with Gasteiger partial charge < -0.3 is 10.2 Å². The van der Waals surface area contributed by atoms with E-state index in [9.17, 15) is 4.79 Å². The molecule has 0 aromatic heterocycles. The molecule has 1 fully saturated rings. The van der Waals surface area contributed by atoms with Crippen LogP contribution < -0.4 is 5.32 Å². The maximum Gasteiger partial charge on any atom is 0.242 e. The molecule has 88 valence electrons. The first kappa shape index (κ1) is 12.5. The van der Waals surface area contributed by atoms with Crippen molar-refractivity contribution in [1.82, 2.24) is 10.2 Å². The van der Waals surface area contributed by atoms with E-state index in [1.165, 1.54) is 6.42 Å². The summed E-state index contributed by atoms with van der Waals surface area (Å²) in [5, 5.41) is 3.22. The van der Waals surface area contributed by atoms with Crippen LogP contribution in [0.3, 0.4) is 0 Å². The van der Waals surface area contributed by atoms with E-state index in [2.05, 4.69) is 12.2 Å². The van der Waals surface area contributed by atoms with E-state index in [0.29, 0.717) is 0 Å². The molecule has 1 N–H and O–H groups in total. The topological polar surface area (TPSA) is 32.3 Å². The normalized spacial score (nSPS) is 25.1. The lowest BCUT2D eigenvalue weighted by Gasteiger charge is -2.30. The van der Waals surface area contributed by atoms with Gasteiger partial charge in [-0.3, -0.25) is 4.79 Å². The predicted molar refractivity (Wildman–Crippen MR) is 62.7 cm³/mol. The SMILES string of the molecule is CCNC(C)(C)C(=O)N(C)CC1CC1C. The fourth-order valence-electron chi connectivity index (χ4n) is 2.08. The molecule has 2 unspecified atom stereocenters. The van der Waals surface area contributed by atoms with Crippen molar-refractivity contribution in [1.29, 1.82) is 0 Å². The van der Waals surface area contributed by atoms with E-state index in [-0.39, 0.29) is 5.91 Å². The van der Waals surface area contributed by atoms with Gasteiger partial charge in [0.05, 0.1) is 5.54 Å². The van der Waals surface area contributed by atoms with Gasteiger partial charge in [0.2, 0.25) is 5.91 Å². The van der Waals surface area contributed by atoms with E-state index in [1.54, 1.807) is 0 Å². The van der Waals surface area contributed by atoms with Gasteiger partial charge in [0.15, 0.2) is 0 Å². The highest BCUT2D eigenvalue weighted by Crippen LogP contribution is 2.38. The summed E-state index contributed by atoms with van der Waals surface area (Å²) >= 11 is 0. The van der Waals surface area contributed by atoms with Gasteiger partial charge in [0.1, 0.15) is 0 Å². The van der Waals surface area contributed by atoms with E-state index in [0.717, 1.165) is 24.9 Å². The quantitative estimate of drug-likeness (QED) is 0.749. The third kappa shape index (κ3) is 3.20. The number of nitrogens with one attached hydrogen (secondary N) is 1. The lowest BCUT2D eigenvalue weighted by Crippen LogP contribution is -2.53. The molecular weight excluding hydrogens is 188 g/mol. The van der Waals surface area contributed by atoms with Gasteiger partial charge >= 0.3 is 0 Å². The maximum atomic E-state index is 12.1. The molecule has 1 amide bonds. The molecular formula is C12H24N2O. The zero-order valence-corrected chi connectivity index (χ0v) is 10.6. The molecule has 0 aliphatic heterocycles. The molecule has 1 aliphatic rings. The Hall–Kier alpha value is -0.570. The summed E-state index contributed by atoms with van der Waals surface area (Å²) < 4.78 is 0. The Morgan fingerprint density at radius 2 is 2.07 bits per heavy atom. The molecule has 1 saturated carbocycles. The number of likely N-dealkylation sites (N-methyl/N-ethyl adjacent to an activating group) is 2. The molecule has 3 heteroatoms. The van der Waals surface area contributed by atoms with Crippen LogP contribution in [0, 0.1) is 11.8 Å². The summed E-state index contributed by atoms with van der Waals surface area (Å²) in [4.78, 5) is 14.0. The van der Waals surface area contributed by atoms with Crippen LogP contribution in [0.25, 0.3) is 0 Å². The standard InChI is InChI=1S/C12H24N2O/c1-6-13-12(3,4)11(15)14(5)8-10-7-9(10)2/h9-10,13H,6-8H2,1-5H3. The molecule has 3 nitrogen and oxygen atoms in total. The van der Waals surface area contributed by atoms with Crippen LogP contribution in [-0.2, 0) is 4.79 Å². The van der Waals surface area contributed by atoms with Crippen molar-refractivity contribution in [2.75, 3.05) is 20.1 Å². The molecule has 1 aliphatic carbocycles. The fraction of sp³-hybridized carbons (Fsp3) is 0.917. The average molecular weight is 212 g/mol. The highest BCUT2D eigenvalue weighted by Gasteiger charge is 2.37. The third-order valence-electron chi connectivity index (χ3n) is 3.28. The Labute approximate surface area is 93.2 Å². The predicted octanol–water partition coefficient (Wildman–Crippen LogP) is 1.49. The van der Waals surface area contributed by atoms with Crippen molar-refractivity contribution in [3.63, 3.8) is 0 Å². The number of hydrogen-bond acceptors (Lipinski definition) is 2. The number of nitrogens with zero attached hydrogens (tertiary/aromatic N) is 1. The van der Waals surface area contributed by atoms with Gasteiger partial charge in [-0.15, -0.1) is 0 Å². The highest BCUT2D eigenvalue weighted by atomic mass is 16.2. The lowest BCUT2D eigenvalue weighted by molar-refractivity contribution is -0.136. The minimum Gasteiger partial charge on any atom is -0.344 e. The molecule has 0 aromatic carbocycles. The first-order chi connectivity index (χ1) is 6.88. The van der Waals surface area contributed by atoms with Crippen molar-refractivity contribution >= 4 is 5.91 Å². The number of rotatable bonds is 5. The Kier molecular flexibility index (Phi) is 3.77. The smallest absolute Gasteiger partial charge is 0.242 e. The number of hydrogen-bond donors (Lipinski definition) is 1. The summed E-state index contributed by atoms with van der Waals surface area (Å²) in [7, 11) is 1.91. The molecule has 15 heavy (non-hydrogen) atoms. The van der Waals surface area contributed by atoms with Gasteiger partial charge in [-0.1, -0.05) is 13.8 Å². The molecule has 1 rings (SSSR count). The number of carbonyl (C=O) groups excluding carboxylic acids is 1. The summed E-state index contributed by atoms with van der Waals surface area (Å²) in [6.45, 7) is 9.91. The Morgan fingerprint density at radius 1 is 1.53 bits per heavy atom. The van der Waals surface area contributed by atoms with Gasteiger partial charge in [-0.25, -0.2) is 0 Å². The minimum absolute atomic E-state index is 0.198. The van der Waals surface area contributed by atoms with Crippen molar-refractivity contribution in [2.24, 2.45) is 11.8 Å². The van der Waals surface area contributed by atoms with Crippen molar-refractivity contribution < 1.29 is 4.79 Å². The monoisotopic (exact) mass is 212 g/mol. The molecule has 0 bridgehead atoms. The summed E-state index contributed by atoms with van der Waals surface area (Å²) in [6, 6.07) is 0. The van der Waals surface area contributed by atoms with Crippen LogP contribution in [-0.4, -0.2) is 36.5 Å². The van der Waals surface area contributed by atoms with Crippen molar-refractivity contribution in [2.45, 2.75) is 39.7 Å². The van der Waals surface area contributed by atoms with E-state index < -0.39 is 5.54 Å². The number of amides is 1. The first-order valence-corrected chi connectivity index (χ1v) is 5.89. The van der Waals surface area contributed by atoms with Crippen LogP contribution in [0.5, 0.6) is 0 Å². The zero-order chi connectivity index (χ0) is 11.6. The van der Waals surface area contributed by atoms with Crippen LogP contribution in [0.1, 0.15) is 34.1 Å².